The Morgan fingerprint density at radius 2 is 1.67 bits per heavy atom. The van der Waals surface area contributed by atoms with Crippen molar-refractivity contribution in [2.45, 2.75) is 64.5 Å². The second-order valence-electron chi connectivity index (χ2n) is 8.00. The zero-order valence-electron chi connectivity index (χ0n) is 17.2. The van der Waals surface area contributed by atoms with Crippen molar-refractivity contribution in [3.63, 3.8) is 0 Å². The lowest BCUT2D eigenvalue weighted by atomic mass is 10.1. The minimum absolute atomic E-state index is 0.0989. The van der Waals surface area contributed by atoms with E-state index < -0.39 is 33.7 Å². The normalized spacial score (nSPS) is 12.3. The van der Waals surface area contributed by atoms with E-state index in [2.05, 4.69) is 18.4 Å². The average molecular weight is 392 g/mol. The standard InChI is InChI=1S/C21H29NO4S/c1-16(2)13-14-21(7,8)22(15-19(23)26-20(4,5)6)27(24,25)18-11-9-17(3)10-12-18/h9-12H,1,15H2,2-8H3. The molecule has 0 aliphatic carbocycles. The Hall–Kier alpha value is -2.10. The maximum atomic E-state index is 13.3. The van der Waals surface area contributed by atoms with Gasteiger partial charge in [-0.1, -0.05) is 36.1 Å². The molecule has 0 aromatic heterocycles. The van der Waals surface area contributed by atoms with E-state index in [-0.39, 0.29) is 4.90 Å². The van der Waals surface area contributed by atoms with Crippen LogP contribution in [0.1, 0.15) is 47.1 Å². The van der Waals surface area contributed by atoms with E-state index in [0.717, 1.165) is 9.87 Å². The molecule has 5 nitrogen and oxygen atoms in total. The van der Waals surface area contributed by atoms with Crippen LogP contribution in [-0.2, 0) is 19.6 Å². The molecule has 1 rings (SSSR count). The summed E-state index contributed by atoms with van der Waals surface area (Å²) in [5.74, 6) is 5.09. The van der Waals surface area contributed by atoms with Gasteiger partial charge in [0.1, 0.15) is 12.1 Å². The van der Waals surface area contributed by atoms with Crippen molar-refractivity contribution in [1.29, 1.82) is 0 Å². The molecule has 0 fully saturated rings. The van der Waals surface area contributed by atoms with E-state index in [4.69, 9.17) is 4.74 Å². The third-order valence-corrected chi connectivity index (χ3v) is 5.54. The number of carbonyl (C=O) groups is 1. The molecule has 6 heteroatoms. The number of esters is 1. The summed E-state index contributed by atoms with van der Waals surface area (Å²) in [5, 5.41) is 0. The monoisotopic (exact) mass is 391 g/mol. The third kappa shape index (κ3) is 6.85. The number of aryl methyl sites for hydroxylation is 1. The highest BCUT2D eigenvalue weighted by Crippen LogP contribution is 2.25. The van der Waals surface area contributed by atoms with Crippen molar-refractivity contribution in [2.24, 2.45) is 0 Å². The predicted molar refractivity (Wildman–Crippen MR) is 108 cm³/mol. The molecule has 0 amide bonds. The number of nitrogens with zero attached hydrogens (tertiary/aromatic N) is 1. The van der Waals surface area contributed by atoms with Crippen molar-refractivity contribution in [1.82, 2.24) is 4.31 Å². The number of allylic oxidation sites excluding steroid dienone is 1. The van der Waals surface area contributed by atoms with Crippen molar-refractivity contribution in [3.05, 3.63) is 42.0 Å². The SMILES string of the molecule is C=C(C)C#CC(C)(C)N(CC(=O)OC(C)(C)C)S(=O)(=O)c1ccc(C)cc1. The molecule has 27 heavy (non-hydrogen) atoms. The van der Waals surface area contributed by atoms with Gasteiger partial charge >= 0.3 is 5.97 Å². The first kappa shape index (κ1) is 22.9. The van der Waals surface area contributed by atoms with Gasteiger partial charge in [0.25, 0.3) is 0 Å². The first-order chi connectivity index (χ1) is 12.1. The summed E-state index contributed by atoms with van der Waals surface area (Å²) in [5.41, 5.74) is -0.314. The Balaban J connectivity index is 3.41. The summed E-state index contributed by atoms with van der Waals surface area (Å²) in [4.78, 5) is 12.5. The lowest BCUT2D eigenvalue weighted by Crippen LogP contribution is -2.50. The van der Waals surface area contributed by atoms with Crippen LogP contribution in [0.4, 0.5) is 0 Å². The van der Waals surface area contributed by atoms with E-state index in [9.17, 15) is 13.2 Å². The van der Waals surface area contributed by atoms with Gasteiger partial charge in [0.05, 0.1) is 10.4 Å². The number of sulfonamides is 1. The lowest BCUT2D eigenvalue weighted by molar-refractivity contribution is -0.155. The number of rotatable bonds is 5. The van der Waals surface area contributed by atoms with Crippen LogP contribution in [0.15, 0.2) is 41.3 Å². The molecular weight excluding hydrogens is 362 g/mol. The number of hydrogen-bond donors (Lipinski definition) is 0. The molecule has 0 N–H and O–H groups in total. The van der Waals surface area contributed by atoms with Crippen molar-refractivity contribution < 1.29 is 17.9 Å². The predicted octanol–water partition coefficient (Wildman–Crippen LogP) is 3.69. The highest BCUT2D eigenvalue weighted by atomic mass is 32.2. The van der Waals surface area contributed by atoms with Crippen molar-refractivity contribution in [3.8, 4) is 11.8 Å². The second-order valence-corrected chi connectivity index (χ2v) is 9.86. The Labute approximate surface area is 163 Å². The molecule has 0 aliphatic heterocycles. The smallest absolute Gasteiger partial charge is 0.321 e. The molecule has 0 saturated heterocycles. The fourth-order valence-electron chi connectivity index (χ4n) is 2.23. The van der Waals surface area contributed by atoms with Gasteiger partial charge in [0, 0.05) is 0 Å². The molecule has 0 saturated carbocycles. The summed E-state index contributed by atoms with van der Waals surface area (Å²) in [7, 11) is -3.97. The van der Waals surface area contributed by atoms with Crippen molar-refractivity contribution in [2.75, 3.05) is 6.54 Å². The van der Waals surface area contributed by atoms with Crippen LogP contribution >= 0.6 is 0 Å². The summed E-state index contributed by atoms with van der Waals surface area (Å²) in [6.07, 6.45) is 0. The quantitative estimate of drug-likeness (QED) is 0.567. The van der Waals surface area contributed by atoms with Gasteiger partial charge in [0.15, 0.2) is 0 Å². The third-order valence-electron chi connectivity index (χ3n) is 3.51. The van der Waals surface area contributed by atoms with Gasteiger partial charge in [-0.2, -0.15) is 4.31 Å². The van der Waals surface area contributed by atoms with Crippen LogP contribution in [0.2, 0.25) is 0 Å². The van der Waals surface area contributed by atoms with Gasteiger partial charge in [-0.15, -0.1) is 0 Å². The number of carbonyl (C=O) groups excluding carboxylic acids is 1. The Kier molecular flexibility index (Phi) is 7.04. The molecule has 148 valence electrons. The van der Waals surface area contributed by atoms with Gasteiger partial charge in [-0.05, 0) is 66.2 Å². The average Bonchev–Trinajstić information content (AvgIpc) is 2.49. The van der Waals surface area contributed by atoms with Crippen LogP contribution in [0, 0.1) is 18.8 Å². The fourth-order valence-corrected chi connectivity index (χ4v) is 3.89. The Morgan fingerprint density at radius 3 is 2.11 bits per heavy atom. The van der Waals surface area contributed by atoms with E-state index in [1.165, 1.54) is 12.1 Å². The highest BCUT2D eigenvalue weighted by molar-refractivity contribution is 7.89. The van der Waals surface area contributed by atoms with Gasteiger partial charge in [-0.3, -0.25) is 4.79 Å². The highest BCUT2D eigenvalue weighted by Gasteiger charge is 2.38. The summed E-state index contributed by atoms with van der Waals surface area (Å²) in [6, 6.07) is 6.47. The van der Waals surface area contributed by atoms with Gasteiger partial charge in [0.2, 0.25) is 10.0 Å². The Bertz CT molecular complexity index is 863. The molecule has 0 radical (unpaired) electrons. The summed E-state index contributed by atoms with van der Waals surface area (Å²) >= 11 is 0. The molecular formula is C21H29NO4S. The number of benzene rings is 1. The second kappa shape index (κ2) is 8.28. The summed E-state index contributed by atoms with van der Waals surface area (Å²) in [6.45, 7) is 15.4. The van der Waals surface area contributed by atoms with E-state index in [1.54, 1.807) is 53.7 Å². The van der Waals surface area contributed by atoms with Gasteiger partial charge in [-0.25, -0.2) is 8.42 Å². The zero-order chi connectivity index (χ0) is 21.0. The van der Waals surface area contributed by atoms with Crippen LogP contribution in [0.3, 0.4) is 0 Å². The first-order valence-electron chi connectivity index (χ1n) is 8.65. The molecule has 0 heterocycles. The maximum absolute atomic E-state index is 13.3. The van der Waals surface area contributed by atoms with Crippen LogP contribution in [0.25, 0.3) is 0 Å². The molecule has 0 unspecified atom stereocenters. The molecule has 0 atom stereocenters. The van der Waals surface area contributed by atoms with Crippen LogP contribution in [-0.4, -0.2) is 36.4 Å². The Morgan fingerprint density at radius 1 is 1.15 bits per heavy atom. The molecule has 1 aromatic rings. The molecule has 0 bridgehead atoms. The maximum Gasteiger partial charge on any atom is 0.321 e. The fraction of sp³-hybridized carbons (Fsp3) is 0.476. The summed E-state index contributed by atoms with van der Waals surface area (Å²) < 4.78 is 32.9. The van der Waals surface area contributed by atoms with Crippen LogP contribution < -0.4 is 0 Å². The van der Waals surface area contributed by atoms with Gasteiger partial charge < -0.3 is 4.74 Å². The minimum Gasteiger partial charge on any atom is -0.459 e. The lowest BCUT2D eigenvalue weighted by Gasteiger charge is -2.33. The number of ether oxygens (including phenoxy) is 1. The molecule has 1 aromatic carbocycles. The molecule has 0 aliphatic rings. The molecule has 0 spiro atoms. The zero-order valence-corrected chi connectivity index (χ0v) is 18.0. The van der Waals surface area contributed by atoms with Crippen molar-refractivity contribution >= 4 is 16.0 Å². The van der Waals surface area contributed by atoms with E-state index in [1.807, 2.05) is 6.92 Å². The topological polar surface area (TPSA) is 63.7 Å². The van der Waals surface area contributed by atoms with Crippen LogP contribution in [0.5, 0.6) is 0 Å². The largest absolute Gasteiger partial charge is 0.459 e. The minimum atomic E-state index is -3.97. The van der Waals surface area contributed by atoms with E-state index in [0.29, 0.717) is 5.57 Å². The van der Waals surface area contributed by atoms with E-state index >= 15 is 0 Å². The first-order valence-corrected chi connectivity index (χ1v) is 10.1. The number of hydrogen-bond acceptors (Lipinski definition) is 4.